The van der Waals surface area contributed by atoms with Crippen molar-refractivity contribution in [2.45, 2.75) is 26.2 Å². The average molecular weight is 273 g/mol. The molecule has 1 aromatic heterocycles. The van der Waals surface area contributed by atoms with E-state index in [1.54, 1.807) is 7.11 Å². The van der Waals surface area contributed by atoms with Crippen LogP contribution in [0.1, 0.15) is 25.3 Å². The molecule has 1 heterocycles. The third kappa shape index (κ3) is 3.84. The number of anilines is 1. The van der Waals surface area contributed by atoms with Gasteiger partial charge in [-0.3, -0.25) is 4.57 Å². The van der Waals surface area contributed by atoms with Crippen molar-refractivity contribution in [3.05, 3.63) is 42.2 Å². The van der Waals surface area contributed by atoms with Crippen LogP contribution >= 0.6 is 0 Å². The minimum atomic E-state index is 0.763. The summed E-state index contributed by atoms with van der Waals surface area (Å²) in [5.41, 5.74) is 2.52. The van der Waals surface area contributed by atoms with Gasteiger partial charge in [-0.15, -0.1) is 0 Å². The molecule has 0 aliphatic rings. The zero-order valence-electron chi connectivity index (χ0n) is 12.3. The van der Waals surface area contributed by atoms with Gasteiger partial charge >= 0.3 is 0 Å². The molecular formula is C16H23N3O. The second-order valence-electron chi connectivity index (χ2n) is 4.81. The van der Waals surface area contributed by atoms with Crippen LogP contribution < -0.4 is 5.32 Å². The van der Waals surface area contributed by atoms with E-state index in [2.05, 4.69) is 46.1 Å². The van der Waals surface area contributed by atoms with E-state index in [9.17, 15) is 0 Å². The standard InChI is InChI=1S/C16H23N3O/c1-3-5-14-6-8-15(9-7-14)19-12-11-18-16(19)17-10-4-13-20-2/h6-9,11-12H,3-5,10,13H2,1-2H3,(H,17,18). The van der Waals surface area contributed by atoms with E-state index in [-0.39, 0.29) is 0 Å². The summed E-state index contributed by atoms with van der Waals surface area (Å²) in [7, 11) is 1.72. The maximum absolute atomic E-state index is 5.05. The number of ether oxygens (including phenoxy) is 1. The number of hydrogen-bond donors (Lipinski definition) is 1. The van der Waals surface area contributed by atoms with Gasteiger partial charge in [-0.25, -0.2) is 4.98 Å². The number of nitrogens with one attached hydrogen (secondary N) is 1. The minimum absolute atomic E-state index is 0.763. The predicted octanol–water partition coefficient (Wildman–Crippen LogP) is 3.27. The van der Waals surface area contributed by atoms with E-state index in [0.29, 0.717) is 0 Å². The van der Waals surface area contributed by atoms with Crippen LogP contribution in [-0.2, 0) is 11.2 Å². The monoisotopic (exact) mass is 273 g/mol. The molecule has 2 aromatic rings. The Morgan fingerprint density at radius 1 is 1.25 bits per heavy atom. The van der Waals surface area contributed by atoms with Gasteiger partial charge < -0.3 is 10.1 Å². The maximum atomic E-state index is 5.05. The molecule has 0 aliphatic heterocycles. The van der Waals surface area contributed by atoms with Crippen LogP contribution in [0.3, 0.4) is 0 Å². The van der Waals surface area contributed by atoms with E-state index in [0.717, 1.165) is 37.6 Å². The Morgan fingerprint density at radius 3 is 2.75 bits per heavy atom. The molecule has 0 saturated carbocycles. The quantitative estimate of drug-likeness (QED) is 0.750. The van der Waals surface area contributed by atoms with Crippen molar-refractivity contribution >= 4 is 5.95 Å². The maximum Gasteiger partial charge on any atom is 0.207 e. The highest BCUT2D eigenvalue weighted by molar-refractivity contribution is 5.42. The van der Waals surface area contributed by atoms with Crippen LogP contribution in [-0.4, -0.2) is 29.8 Å². The van der Waals surface area contributed by atoms with E-state index < -0.39 is 0 Å². The molecule has 0 atom stereocenters. The molecule has 0 spiro atoms. The lowest BCUT2D eigenvalue weighted by Gasteiger charge is -2.10. The molecule has 0 radical (unpaired) electrons. The molecule has 108 valence electrons. The first-order chi connectivity index (χ1) is 9.85. The lowest BCUT2D eigenvalue weighted by atomic mass is 10.1. The molecule has 20 heavy (non-hydrogen) atoms. The summed E-state index contributed by atoms with van der Waals surface area (Å²) in [6.07, 6.45) is 7.08. The van der Waals surface area contributed by atoms with Gasteiger partial charge in [0.2, 0.25) is 5.95 Å². The van der Waals surface area contributed by atoms with Gasteiger partial charge in [0.15, 0.2) is 0 Å². The molecule has 4 nitrogen and oxygen atoms in total. The van der Waals surface area contributed by atoms with Crippen molar-refractivity contribution in [3.8, 4) is 5.69 Å². The summed E-state index contributed by atoms with van der Waals surface area (Å²) >= 11 is 0. The van der Waals surface area contributed by atoms with Crippen molar-refractivity contribution in [1.29, 1.82) is 0 Å². The first kappa shape index (κ1) is 14.6. The molecule has 4 heteroatoms. The summed E-state index contributed by atoms with van der Waals surface area (Å²) in [5, 5.41) is 3.34. The number of imidazole rings is 1. The molecule has 2 rings (SSSR count). The van der Waals surface area contributed by atoms with E-state index in [4.69, 9.17) is 4.74 Å². The number of hydrogen-bond acceptors (Lipinski definition) is 3. The van der Waals surface area contributed by atoms with Crippen molar-refractivity contribution in [1.82, 2.24) is 9.55 Å². The smallest absolute Gasteiger partial charge is 0.207 e. The van der Waals surface area contributed by atoms with Gasteiger partial charge in [0.1, 0.15) is 0 Å². The predicted molar refractivity (Wildman–Crippen MR) is 82.5 cm³/mol. The second-order valence-corrected chi connectivity index (χ2v) is 4.81. The molecule has 0 fully saturated rings. The molecule has 0 aliphatic carbocycles. The average Bonchev–Trinajstić information content (AvgIpc) is 2.93. The zero-order valence-corrected chi connectivity index (χ0v) is 12.3. The summed E-state index contributed by atoms with van der Waals surface area (Å²) in [6, 6.07) is 8.67. The van der Waals surface area contributed by atoms with Gasteiger partial charge in [0.05, 0.1) is 0 Å². The Bertz CT molecular complexity index is 505. The van der Waals surface area contributed by atoms with Crippen LogP contribution in [0.25, 0.3) is 5.69 Å². The van der Waals surface area contributed by atoms with Gasteiger partial charge in [-0.1, -0.05) is 25.5 Å². The molecule has 0 amide bonds. The first-order valence-electron chi connectivity index (χ1n) is 7.20. The third-order valence-electron chi connectivity index (χ3n) is 3.20. The Morgan fingerprint density at radius 2 is 2.05 bits per heavy atom. The lowest BCUT2D eigenvalue weighted by molar-refractivity contribution is 0.197. The van der Waals surface area contributed by atoms with Crippen molar-refractivity contribution in [2.75, 3.05) is 25.6 Å². The van der Waals surface area contributed by atoms with Crippen LogP contribution in [0.5, 0.6) is 0 Å². The Labute approximate surface area is 120 Å². The number of rotatable bonds is 8. The van der Waals surface area contributed by atoms with Gasteiger partial charge in [-0.2, -0.15) is 0 Å². The van der Waals surface area contributed by atoms with E-state index >= 15 is 0 Å². The molecule has 1 N–H and O–H groups in total. The Hall–Kier alpha value is -1.81. The fourth-order valence-electron chi connectivity index (χ4n) is 2.17. The van der Waals surface area contributed by atoms with E-state index in [1.165, 1.54) is 12.0 Å². The molecule has 1 aromatic carbocycles. The van der Waals surface area contributed by atoms with Gasteiger partial charge in [0, 0.05) is 38.3 Å². The second kappa shape index (κ2) is 7.70. The first-order valence-corrected chi connectivity index (χ1v) is 7.20. The summed E-state index contributed by atoms with van der Waals surface area (Å²) < 4.78 is 7.12. The number of methoxy groups -OCH3 is 1. The van der Waals surface area contributed by atoms with Crippen LogP contribution in [0.4, 0.5) is 5.95 Å². The number of nitrogens with zero attached hydrogens (tertiary/aromatic N) is 2. The van der Waals surface area contributed by atoms with Crippen molar-refractivity contribution in [3.63, 3.8) is 0 Å². The number of aromatic nitrogens is 2. The minimum Gasteiger partial charge on any atom is -0.385 e. The van der Waals surface area contributed by atoms with Gasteiger partial charge in [-0.05, 0) is 30.5 Å². The molecular weight excluding hydrogens is 250 g/mol. The highest BCUT2D eigenvalue weighted by Gasteiger charge is 2.04. The van der Waals surface area contributed by atoms with Crippen LogP contribution in [0.15, 0.2) is 36.7 Å². The largest absolute Gasteiger partial charge is 0.385 e. The molecule has 0 saturated heterocycles. The fourth-order valence-corrected chi connectivity index (χ4v) is 2.17. The SMILES string of the molecule is CCCc1ccc(-n2ccnc2NCCCOC)cc1. The van der Waals surface area contributed by atoms with Crippen LogP contribution in [0, 0.1) is 0 Å². The highest BCUT2D eigenvalue weighted by Crippen LogP contribution is 2.16. The third-order valence-corrected chi connectivity index (χ3v) is 3.20. The highest BCUT2D eigenvalue weighted by atomic mass is 16.5. The van der Waals surface area contributed by atoms with Crippen molar-refractivity contribution < 1.29 is 4.74 Å². The Kier molecular flexibility index (Phi) is 5.62. The topological polar surface area (TPSA) is 39.1 Å². The summed E-state index contributed by atoms with van der Waals surface area (Å²) in [5.74, 6) is 0.879. The van der Waals surface area contributed by atoms with E-state index in [1.807, 2.05) is 12.4 Å². The zero-order chi connectivity index (χ0) is 14.2. The summed E-state index contributed by atoms with van der Waals surface area (Å²) in [6.45, 7) is 3.82. The lowest BCUT2D eigenvalue weighted by Crippen LogP contribution is -2.09. The van der Waals surface area contributed by atoms with Gasteiger partial charge in [0.25, 0.3) is 0 Å². The fraction of sp³-hybridized carbons (Fsp3) is 0.438. The normalized spacial score (nSPS) is 10.7. The van der Waals surface area contributed by atoms with Crippen LogP contribution in [0.2, 0.25) is 0 Å². The summed E-state index contributed by atoms with van der Waals surface area (Å²) in [4.78, 5) is 4.36. The molecule has 0 bridgehead atoms. The van der Waals surface area contributed by atoms with Crippen molar-refractivity contribution in [2.24, 2.45) is 0 Å². The number of benzene rings is 1. The number of aryl methyl sites for hydroxylation is 1. The Balaban J connectivity index is 2.03. The molecule has 0 unspecified atom stereocenters.